The van der Waals surface area contributed by atoms with Gasteiger partial charge in [-0.2, -0.15) is 0 Å². The fraction of sp³-hybridized carbons (Fsp3) is 0.250. The van der Waals surface area contributed by atoms with Gasteiger partial charge in [-0.15, -0.1) is 0 Å². The number of nitro groups is 2. The van der Waals surface area contributed by atoms with Crippen molar-refractivity contribution < 1.29 is 14.2 Å². The van der Waals surface area contributed by atoms with Gasteiger partial charge in [-0.25, -0.2) is 0 Å². The predicted octanol–water partition coefficient (Wildman–Crippen LogP) is 1.98. The van der Waals surface area contributed by atoms with Gasteiger partial charge < -0.3 is 0 Å². The molecule has 0 unspecified atom stereocenters. The zero-order valence-corrected chi connectivity index (χ0v) is 14.0. The Morgan fingerprint density at radius 2 is 1.29 bits per heavy atom. The lowest BCUT2D eigenvalue weighted by Crippen LogP contribution is -2.44. The van der Waals surface area contributed by atoms with E-state index in [0.29, 0.717) is 6.04 Å². The minimum absolute atomic E-state index is 0.0825. The van der Waals surface area contributed by atoms with Crippen molar-refractivity contribution in [3.63, 3.8) is 0 Å². The van der Waals surface area contributed by atoms with Gasteiger partial charge in [0.2, 0.25) is 0 Å². The van der Waals surface area contributed by atoms with Gasteiger partial charge in [-0.05, 0) is 6.42 Å². The first-order valence-electron chi connectivity index (χ1n) is 7.53. The molecule has 24 heavy (non-hydrogen) atoms. The molecule has 0 aliphatic heterocycles. The zero-order chi connectivity index (χ0) is 17.6. The van der Waals surface area contributed by atoms with Crippen molar-refractivity contribution in [1.82, 2.24) is 0 Å². The minimum Gasteiger partial charge on any atom is -0.256 e. The van der Waals surface area contributed by atoms with Crippen LogP contribution in [-0.2, 0) is 0 Å². The van der Waals surface area contributed by atoms with Crippen LogP contribution in [0.25, 0.3) is 0 Å². The largest absolute Gasteiger partial charge is 0.613 e. The lowest BCUT2D eigenvalue weighted by Gasteiger charge is -2.16. The van der Waals surface area contributed by atoms with Gasteiger partial charge >= 0.3 is 5.92 Å². The van der Waals surface area contributed by atoms with Gasteiger partial charge in [0.1, 0.15) is 25.1 Å². The van der Waals surface area contributed by atoms with Crippen LogP contribution < -0.4 is 10.4 Å². The topological polar surface area (TPSA) is 86.3 Å². The average molecular weight is 348 g/mol. The summed E-state index contributed by atoms with van der Waals surface area (Å²) in [7, 11) is -1.71. The van der Waals surface area contributed by atoms with Crippen molar-refractivity contribution in [2.75, 3.05) is 0 Å². The van der Waals surface area contributed by atoms with Gasteiger partial charge in [-0.3, -0.25) is 20.2 Å². The Bertz CT molecular complexity index is 646. The highest BCUT2D eigenvalue weighted by atomic mass is 28.3. The van der Waals surface area contributed by atoms with Gasteiger partial charge in [0.15, 0.2) is 0 Å². The SMILES string of the molecule is O=[N+]([O-])C(F)(CCC[SiH](c1ccccc1)c1ccccc1)[N+](=O)[O-]. The maximum absolute atomic E-state index is 13.9. The maximum Gasteiger partial charge on any atom is 0.613 e. The van der Waals surface area contributed by atoms with Crippen LogP contribution in [0.5, 0.6) is 0 Å². The third-order valence-corrected chi connectivity index (χ3v) is 7.32. The first-order chi connectivity index (χ1) is 11.4. The second kappa shape index (κ2) is 7.78. The van der Waals surface area contributed by atoms with E-state index in [4.69, 9.17) is 0 Å². The maximum atomic E-state index is 13.9. The Morgan fingerprint density at radius 3 is 1.67 bits per heavy atom. The van der Waals surface area contributed by atoms with E-state index in [1.165, 1.54) is 0 Å². The van der Waals surface area contributed by atoms with E-state index in [1.54, 1.807) is 0 Å². The fourth-order valence-electron chi connectivity index (χ4n) is 2.68. The summed E-state index contributed by atoms with van der Waals surface area (Å²) in [5.74, 6) is -3.60. The van der Waals surface area contributed by atoms with Crippen LogP contribution in [0.3, 0.4) is 0 Å². The highest BCUT2D eigenvalue weighted by molar-refractivity contribution is 6.85. The molecule has 0 aromatic heterocycles. The molecule has 0 N–H and O–H groups in total. The minimum atomic E-state index is -3.60. The molecule has 0 amide bonds. The summed E-state index contributed by atoms with van der Waals surface area (Å²) < 4.78 is 13.9. The number of benzene rings is 2. The van der Waals surface area contributed by atoms with Crippen LogP contribution >= 0.6 is 0 Å². The van der Waals surface area contributed by atoms with Gasteiger partial charge in [0.05, 0.1) is 0 Å². The average Bonchev–Trinajstić information content (AvgIpc) is 2.59. The predicted molar refractivity (Wildman–Crippen MR) is 91.2 cm³/mol. The van der Waals surface area contributed by atoms with E-state index >= 15 is 0 Å². The monoisotopic (exact) mass is 348 g/mol. The summed E-state index contributed by atoms with van der Waals surface area (Å²) in [4.78, 5) is 18.5. The van der Waals surface area contributed by atoms with E-state index in [2.05, 4.69) is 0 Å². The third kappa shape index (κ3) is 4.02. The Hall–Kier alpha value is -2.61. The summed E-state index contributed by atoms with van der Waals surface area (Å²) in [5.41, 5.74) is 0. The smallest absolute Gasteiger partial charge is 0.256 e. The molecule has 2 rings (SSSR count). The van der Waals surface area contributed by atoms with Crippen molar-refractivity contribution in [3.8, 4) is 0 Å². The van der Waals surface area contributed by atoms with E-state index in [-0.39, 0.29) is 6.42 Å². The van der Waals surface area contributed by atoms with E-state index < -0.39 is 31.0 Å². The molecule has 0 saturated carbocycles. The first-order valence-corrected chi connectivity index (χ1v) is 9.50. The van der Waals surface area contributed by atoms with Gasteiger partial charge in [0, 0.05) is 0 Å². The Kier molecular flexibility index (Phi) is 5.75. The summed E-state index contributed by atoms with van der Waals surface area (Å²) in [5, 5.41) is 23.6. The molecule has 0 aliphatic carbocycles. The molecular formula is C16H17FN2O4Si. The summed E-state index contributed by atoms with van der Waals surface area (Å²) in [6, 6.07) is 19.9. The second-order valence-corrected chi connectivity index (χ2v) is 8.52. The molecule has 2 aromatic rings. The summed E-state index contributed by atoms with van der Waals surface area (Å²) in [6.07, 6.45) is -0.644. The van der Waals surface area contributed by atoms with Crippen LogP contribution in [0.4, 0.5) is 4.39 Å². The summed E-state index contributed by atoms with van der Waals surface area (Å²) >= 11 is 0. The van der Waals surface area contributed by atoms with E-state index in [9.17, 15) is 24.6 Å². The molecule has 0 fully saturated rings. The Labute approximate surface area is 139 Å². The zero-order valence-electron chi connectivity index (χ0n) is 12.9. The fourth-order valence-corrected chi connectivity index (χ4v) is 5.71. The normalized spacial score (nSPS) is 11.4. The molecule has 0 atom stereocenters. The quantitative estimate of drug-likeness (QED) is 0.240. The molecule has 0 aliphatic rings. The van der Waals surface area contributed by atoms with Crippen LogP contribution in [0.1, 0.15) is 12.8 Å². The van der Waals surface area contributed by atoms with E-state index in [1.807, 2.05) is 60.7 Å². The molecule has 0 heterocycles. The van der Waals surface area contributed by atoms with Gasteiger partial charge in [-0.1, -0.05) is 81.5 Å². The molecule has 0 radical (unpaired) electrons. The van der Waals surface area contributed by atoms with Gasteiger partial charge in [0.25, 0.3) is 0 Å². The highest BCUT2D eigenvalue weighted by Crippen LogP contribution is 2.21. The van der Waals surface area contributed by atoms with E-state index in [0.717, 1.165) is 10.4 Å². The standard InChI is InChI=1S/C16H17FN2O4Si/c17-16(18(20)21,19(22)23)12-7-13-24(14-8-3-1-4-9-14)15-10-5-2-6-11-15/h1-6,8-11,24H,7,12-13H2. The molecule has 2 aromatic carbocycles. The lowest BCUT2D eigenvalue weighted by molar-refractivity contribution is -0.832. The second-order valence-electron chi connectivity index (χ2n) is 5.50. The molecule has 8 heteroatoms. The molecule has 6 nitrogen and oxygen atoms in total. The van der Waals surface area contributed by atoms with Crippen molar-refractivity contribution >= 4 is 19.2 Å². The van der Waals surface area contributed by atoms with Crippen LogP contribution in [-0.4, -0.2) is 24.6 Å². The molecule has 126 valence electrons. The number of hydrogen-bond donors (Lipinski definition) is 0. The van der Waals surface area contributed by atoms with Crippen molar-refractivity contribution in [2.24, 2.45) is 0 Å². The lowest BCUT2D eigenvalue weighted by atomic mass is 10.2. The van der Waals surface area contributed by atoms with Crippen LogP contribution in [0.15, 0.2) is 60.7 Å². The van der Waals surface area contributed by atoms with Crippen molar-refractivity contribution in [1.29, 1.82) is 0 Å². The number of halogens is 1. The Morgan fingerprint density at radius 1 is 0.875 bits per heavy atom. The number of nitrogens with zero attached hydrogens (tertiary/aromatic N) is 2. The van der Waals surface area contributed by atoms with Crippen LogP contribution in [0.2, 0.25) is 6.04 Å². The molecular weight excluding hydrogens is 331 g/mol. The molecule has 0 bridgehead atoms. The number of rotatable bonds is 8. The van der Waals surface area contributed by atoms with Crippen molar-refractivity contribution in [2.45, 2.75) is 24.8 Å². The Balaban J connectivity index is 2.16. The first kappa shape index (κ1) is 17.7. The van der Waals surface area contributed by atoms with Crippen LogP contribution in [0, 0.1) is 20.2 Å². The third-order valence-electron chi connectivity index (χ3n) is 3.95. The number of hydrogen-bond acceptors (Lipinski definition) is 4. The molecule has 0 spiro atoms. The number of alkyl halides is 1. The highest BCUT2D eigenvalue weighted by Gasteiger charge is 2.56. The molecule has 0 saturated heterocycles. The van der Waals surface area contributed by atoms with Crippen molar-refractivity contribution in [3.05, 3.63) is 80.9 Å². The summed E-state index contributed by atoms with van der Waals surface area (Å²) in [6.45, 7) is 0.